The number of nitrogens with zero attached hydrogens (tertiary/aromatic N) is 6. The number of ketones is 1. The molecule has 0 fully saturated rings. The van der Waals surface area contributed by atoms with Crippen molar-refractivity contribution in [2.75, 3.05) is 11.9 Å². The number of hydrogen-bond donors (Lipinski definition) is 1. The number of benzene rings is 1. The van der Waals surface area contributed by atoms with Crippen molar-refractivity contribution in [1.29, 1.82) is 0 Å². The van der Waals surface area contributed by atoms with Gasteiger partial charge in [-0.15, -0.1) is 11.7 Å². The maximum atomic E-state index is 14.7. The molecule has 0 saturated heterocycles. The van der Waals surface area contributed by atoms with Gasteiger partial charge in [-0.2, -0.15) is 9.07 Å². The number of ether oxygens (including phenoxy) is 2. The van der Waals surface area contributed by atoms with E-state index in [2.05, 4.69) is 32.4 Å². The van der Waals surface area contributed by atoms with E-state index in [1.54, 1.807) is 45.0 Å². The third kappa shape index (κ3) is 6.80. The quantitative estimate of drug-likeness (QED) is 0.128. The molecule has 1 amide bonds. The van der Waals surface area contributed by atoms with E-state index in [9.17, 15) is 23.6 Å². The molecule has 13 nitrogen and oxygen atoms in total. The van der Waals surface area contributed by atoms with E-state index in [0.29, 0.717) is 27.5 Å². The van der Waals surface area contributed by atoms with E-state index < -0.39 is 59.1 Å². The molecule has 1 aromatic carbocycles. The fraction of sp³-hybridized carbons (Fsp3) is 0.267. The molecule has 4 heterocycles. The number of tetrazole rings is 1. The highest BCUT2D eigenvalue weighted by Crippen LogP contribution is 2.35. The summed E-state index contributed by atoms with van der Waals surface area (Å²) in [5.41, 5.74) is 0.496. The first-order valence-electron chi connectivity index (χ1n) is 13.6. The van der Waals surface area contributed by atoms with Gasteiger partial charge in [0.1, 0.15) is 23.8 Å². The highest BCUT2D eigenvalue weighted by molar-refractivity contribution is 6.31. The lowest BCUT2D eigenvalue weighted by Crippen LogP contribution is -2.32. The second-order valence-corrected chi connectivity index (χ2v) is 11.5. The number of allylic oxidation sites excluding steroid dienone is 1. The number of carbonyl (C=O) groups excluding carboxylic acids is 3. The average Bonchev–Trinajstić information content (AvgIpc) is 3.63. The molecule has 232 valence electrons. The lowest BCUT2D eigenvalue weighted by atomic mass is 9.99. The Kier molecular flexibility index (Phi) is 8.60. The molecular formula is C30H27ClFN7O6. The van der Waals surface area contributed by atoms with Crippen LogP contribution in [-0.2, 0) is 20.7 Å². The van der Waals surface area contributed by atoms with Crippen LogP contribution in [0.25, 0.3) is 16.8 Å². The van der Waals surface area contributed by atoms with Crippen LogP contribution in [0.1, 0.15) is 42.9 Å². The molecule has 1 aliphatic heterocycles. The number of hydrogen-bond acceptors (Lipinski definition) is 10. The minimum atomic E-state index is -1.18. The number of pyridine rings is 2. The highest BCUT2D eigenvalue weighted by atomic mass is 35.5. The molecule has 0 bridgehead atoms. The zero-order valence-corrected chi connectivity index (χ0v) is 25.1. The maximum absolute atomic E-state index is 14.7. The third-order valence-electron chi connectivity index (χ3n) is 6.81. The van der Waals surface area contributed by atoms with Crippen LogP contribution in [0.4, 0.5) is 15.0 Å². The van der Waals surface area contributed by atoms with Crippen LogP contribution < -0.4 is 10.9 Å². The highest BCUT2D eigenvalue weighted by Gasteiger charge is 2.38. The van der Waals surface area contributed by atoms with Gasteiger partial charge < -0.3 is 9.47 Å². The molecule has 5 rings (SSSR count). The molecule has 0 unspecified atom stereocenters. The lowest BCUT2D eigenvalue weighted by Gasteiger charge is -2.19. The van der Waals surface area contributed by atoms with Crippen molar-refractivity contribution in [3.8, 4) is 16.8 Å². The summed E-state index contributed by atoms with van der Waals surface area (Å²) in [7, 11) is 0. The second-order valence-electron chi connectivity index (χ2n) is 11.1. The Balaban J connectivity index is 1.33. The molecule has 15 heteroatoms. The SMILES string of the molecule is C=C[C@H]1Cc2cc(-c3cc(Cl)ccc3-n3cnnn3)cc(=O)n2[C@@H]1C(=O)OCC(=O)c1ccc(NC(=O)OC(C)(C)C)nc1F. The van der Waals surface area contributed by atoms with E-state index >= 15 is 0 Å². The van der Waals surface area contributed by atoms with E-state index in [1.165, 1.54) is 33.8 Å². The van der Waals surface area contributed by atoms with Crippen LogP contribution in [0.15, 0.2) is 66.2 Å². The molecule has 3 aromatic heterocycles. The first-order chi connectivity index (χ1) is 21.3. The van der Waals surface area contributed by atoms with Crippen molar-refractivity contribution in [1.82, 2.24) is 29.8 Å². The molecular weight excluding hydrogens is 609 g/mol. The van der Waals surface area contributed by atoms with Crippen LogP contribution in [-0.4, -0.2) is 59.8 Å². The average molecular weight is 636 g/mol. The van der Waals surface area contributed by atoms with Crippen molar-refractivity contribution in [3.05, 3.63) is 94.0 Å². The first kappa shape index (κ1) is 31.2. The van der Waals surface area contributed by atoms with Crippen molar-refractivity contribution in [2.24, 2.45) is 5.92 Å². The summed E-state index contributed by atoms with van der Waals surface area (Å²) < 4.78 is 27.8. The van der Waals surface area contributed by atoms with Gasteiger partial charge in [-0.25, -0.2) is 14.6 Å². The molecule has 0 radical (unpaired) electrons. The summed E-state index contributed by atoms with van der Waals surface area (Å²) >= 11 is 6.26. The predicted octanol–water partition coefficient (Wildman–Crippen LogP) is 4.35. The van der Waals surface area contributed by atoms with E-state index in [4.69, 9.17) is 21.1 Å². The fourth-order valence-electron chi connectivity index (χ4n) is 4.93. The summed E-state index contributed by atoms with van der Waals surface area (Å²) in [5, 5.41) is 14.0. The second kappa shape index (κ2) is 12.4. The number of carbonyl (C=O) groups is 3. The molecule has 0 aliphatic carbocycles. The first-order valence-corrected chi connectivity index (χ1v) is 14.0. The summed E-state index contributed by atoms with van der Waals surface area (Å²) in [4.78, 5) is 54.9. The number of fused-ring (bicyclic) bond motifs is 1. The molecule has 2 atom stereocenters. The largest absolute Gasteiger partial charge is 0.456 e. The van der Waals surface area contributed by atoms with Crippen molar-refractivity contribution in [2.45, 2.75) is 38.8 Å². The van der Waals surface area contributed by atoms with Gasteiger partial charge in [0, 0.05) is 28.3 Å². The van der Waals surface area contributed by atoms with Crippen molar-refractivity contribution < 1.29 is 28.2 Å². The molecule has 0 saturated carbocycles. The summed E-state index contributed by atoms with van der Waals surface area (Å²) in [6.45, 7) is 7.98. The van der Waals surface area contributed by atoms with E-state index in [0.717, 1.165) is 6.07 Å². The molecule has 0 spiro atoms. The lowest BCUT2D eigenvalue weighted by molar-refractivity contribution is -0.147. The third-order valence-corrected chi connectivity index (χ3v) is 7.04. The van der Waals surface area contributed by atoms with Gasteiger partial charge in [-0.05, 0) is 79.6 Å². The maximum Gasteiger partial charge on any atom is 0.413 e. The Hall–Kier alpha value is -5.24. The summed E-state index contributed by atoms with van der Waals surface area (Å²) in [6.07, 6.45) is 2.38. The van der Waals surface area contributed by atoms with Crippen molar-refractivity contribution in [3.63, 3.8) is 0 Å². The van der Waals surface area contributed by atoms with Gasteiger partial charge in [0.15, 0.2) is 6.61 Å². The predicted molar refractivity (Wildman–Crippen MR) is 160 cm³/mol. The Morgan fingerprint density at radius 1 is 1.18 bits per heavy atom. The zero-order valence-electron chi connectivity index (χ0n) is 24.4. The van der Waals surface area contributed by atoms with Crippen LogP contribution in [0, 0.1) is 11.9 Å². The van der Waals surface area contributed by atoms with Crippen molar-refractivity contribution >= 4 is 35.3 Å². The van der Waals surface area contributed by atoms with Crippen LogP contribution in [0.3, 0.4) is 0 Å². The summed E-state index contributed by atoms with van der Waals surface area (Å²) in [5.74, 6) is -3.61. The van der Waals surface area contributed by atoms with Gasteiger partial charge in [0.2, 0.25) is 11.7 Å². The number of anilines is 1. The molecule has 1 N–H and O–H groups in total. The van der Waals surface area contributed by atoms with Gasteiger partial charge in [-0.3, -0.25) is 19.5 Å². The molecule has 1 aliphatic rings. The van der Waals surface area contributed by atoms with Gasteiger partial charge in [0.05, 0.1) is 11.3 Å². The smallest absolute Gasteiger partial charge is 0.413 e. The number of halogens is 2. The molecule has 4 aromatic rings. The monoisotopic (exact) mass is 635 g/mol. The Labute approximate surface area is 260 Å². The molecule has 45 heavy (non-hydrogen) atoms. The van der Waals surface area contributed by atoms with Gasteiger partial charge in [-0.1, -0.05) is 17.7 Å². The van der Waals surface area contributed by atoms with Crippen LogP contribution in [0.2, 0.25) is 5.02 Å². The Morgan fingerprint density at radius 3 is 2.62 bits per heavy atom. The Bertz CT molecular complexity index is 1870. The van der Waals surface area contributed by atoms with E-state index in [-0.39, 0.29) is 12.2 Å². The van der Waals surface area contributed by atoms with E-state index in [1.807, 2.05) is 0 Å². The number of esters is 1. The number of Topliss-reactive ketones (excluding diaryl/α,β-unsaturated/α-hetero) is 1. The van der Waals surface area contributed by atoms with Gasteiger partial charge >= 0.3 is 12.1 Å². The topological polar surface area (TPSA) is 160 Å². The zero-order chi connectivity index (χ0) is 32.5. The van der Waals surface area contributed by atoms with Gasteiger partial charge in [0.25, 0.3) is 5.56 Å². The standard InChI is InChI=1S/C30H27ClFN7O6/c1-5-16-10-19-11-17(21-13-18(31)6-8-22(21)38-15-33-36-37-38)12-25(41)39(19)26(16)28(42)44-14-23(40)20-7-9-24(34-27(20)32)35-29(43)45-30(2,3)4/h5-9,11-13,15-16,26H,1,10,14H2,2-4H3,(H,34,35,43)/t16-,26-/m0/s1. The number of nitrogens with one attached hydrogen (secondary N) is 1. The minimum Gasteiger partial charge on any atom is -0.456 e. The Morgan fingerprint density at radius 2 is 1.96 bits per heavy atom. The fourth-order valence-corrected chi connectivity index (χ4v) is 5.10. The number of rotatable bonds is 8. The number of aromatic nitrogens is 6. The minimum absolute atomic E-state index is 0.173. The van der Waals surface area contributed by atoms with Crippen LogP contribution >= 0.6 is 11.6 Å². The summed E-state index contributed by atoms with van der Waals surface area (Å²) in [6, 6.07) is 9.38. The number of amides is 1. The normalized spacial score (nSPS) is 15.7. The van der Waals surface area contributed by atoms with Crippen LogP contribution in [0.5, 0.6) is 0 Å².